The van der Waals surface area contributed by atoms with Gasteiger partial charge < -0.3 is 5.11 Å². The number of nitrogens with zero attached hydrogens (tertiary/aromatic N) is 2. The second-order valence-electron chi connectivity index (χ2n) is 4.45. The molecule has 2 rings (SSSR count). The summed E-state index contributed by atoms with van der Waals surface area (Å²) in [6, 6.07) is 2.56. The van der Waals surface area contributed by atoms with Crippen LogP contribution in [-0.2, 0) is 11.2 Å². The number of rotatable bonds is 5. The number of hydrogen-bond acceptors (Lipinski definition) is 2. The van der Waals surface area contributed by atoms with Gasteiger partial charge in [0, 0.05) is 18.3 Å². The summed E-state index contributed by atoms with van der Waals surface area (Å²) in [5, 5.41) is 13.0. The van der Waals surface area contributed by atoms with Gasteiger partial charge in [0.05, 0.1) is 6.04 Å². The number of aromatic nitrogens is 2. The van der Waals surface area contributed by atoms with E-state index in [4.69, 9.17) is 5.11 Å². The molecule has 1 fully saturated rings. The molecule has 1 N–H and O–H groups in total. The molecule has 0 unspecified atom stereocenters. The molecule has 0 aromatic carbocycles. The summed E-state index contributed by atoms with van der Waals surface area (Å²) in [5.74, 6) is -0.716. The molecule has 4 nitrogen and oxygen atoms in total. The first kappa shape index (κ1) is 11.2. The molecule has 1 aliphatic carbocycles. The molecule has 0 bridgehead atoms. The van der Waals surface area contributed by atoms with Gasteiger partial charge in [0.2, 0.25) is 0 Å². The van der Waals surface area contributed by atoms with Gasteiger partial charge in [-0.25, -0.2) is 0 Å². The maximum atomic E-state index is 10.4. The van der Waals surface area contributed by atoms with Gasteiger partial charge in [-0.15, -0.1) is 0 Å². The summed E-state index contributed by atoms with van der Waals surface area (Å²) in [4.78, 5) is 10.4. The van der Waals surface area contributed by atoms with Crippen molar-refractivity contribution in [3.63, 3.8) is 0 Å². The number of carboxylic acid groups (broad SMARTS) is 1. The van der Waals surface area contributed by atoms with Gasteiger partial charge in [-0.3, -0.25) is 9.48 Å². The lowest BCUT2D eigenvalue weighted by Gasteiger charge is -2.13. The molecular weight excluding hydrogens is 204 g/mol. The van der Waals surface area contributed by atoms with Gasteiger partial charge in [-0.1, -0.05) is 12.8 Å². The molecule has 1 aliphatic rings. The first-order valence-corrected chi connectivity index (χ1v) is 6.01. The van der Waals surface area contributed by atoms with Crippen molar-refractivity contribution in [1.82, 2.24) is 9.78 Å². The zero-order chi connectivity index (χ0) is 11.4. The van der Waals surface area contributed by atoms with Crippen LogP contribution in [0.2, 0.25) is 0 Å². The van der Waals surface area contributed by atoms with Gasteiger partial charge in [0.1, 0.15) is 0 Å². The third-order valence-electron chi connectivity index (χ3n) is 3.25. The van der Waals surface area contributed by atoms with E-state index in [0.29, 0.717) is 12.5 Å². The lowest BCUT2D eigenvalue weighted by atomic mass is 10.1. The van der Waals surface area contributed by atoms with E-state index >= 15 is 0 Å². The molecule has 0 radical (unpaired) electrons. The van der Waals surface area contributed by atoms with Crippen molar-refractivity contribution < 1.29 is 9.90 Å². The molecule has 0 saturated heterocycles. The summed E-state index contributed by atoms with van der Waals surface area (Å²) in [5.41, 5.74) is 1.19. The molecule has 1 aromatic rings. The summed E-state index contributed by atoms with van der Waals surface area (Å²) >= 11 is 0. The molecule has 0 aliphatic heterocycles. The van der Waals surface area contributed by atoms with E-state index in [9.17, 15) is 4.79 Å². The zero-order valence-electron chi connectivity index (χ0n) is 9.43. The third kappa shape index (κ3) is 2.62. The van der Waals surface area contributed by atoms with Crippen LogP contribution in [-0.4, -0.2) is 20.9 Å². The highest BCUT2D eigenvalue weighted by atomic mass is 16.4. The van der Waals surface area contributed by atoms with Crippen LogP contribution in [0.5, 0.6) is 0 Å². The highest BCUT2D eigenvalue weighted by Crippen LogP contribution is 2.30. The predicted molar refractivity (Wildman–Crippen MR) is 60.3 cm³/mol. The van der Waals surface area contributed by atoms with Crippen molar-refractivity contribution in [3.8, 4) is 0 Å². The smallest absolute Gasteiger partial charge is 0.303 e. The van der Waals surface area contributed by atoms with Crippen molar-refractivity contribution in [2.45, 2.75) is 51.0 Å². The normalized spacial score (nSPS) is 16.8. The maximum Gasteiger partial charge on any atom is 0.303 e. The van der Waals surface area contributed by atoms with Gasteiger partial charge in [-0.2, -0.15) is 5.10 Å². The minimum absolute atomic E-state index is 0.246. The van der Waals surface area contributed by atoms with Crippen molar-refractivity contribution in [2.75, 3.05) is 0 Å². The average Bonchev–Trinajstić information content (AvgIpc) is 2.84. The highest BCUT2D eigenvalue weighted by Gasteiger charge is 2.19. The van der Waals surface area contributed by atoms with Gasteiger partial charge in [0.15, 0.2) is 0 Å². The topological polar surface area (TPSA) is 55.1 Å². The van der Waals surface area contributed by atoms with Crippen molar-refractivity contribution in [3.05, 3.63) is 18.0 Å². The van der Waals surface area contributed by atoms with E-state index in [-0.39, 0.29) is 6.42 Å². The fourth-order valence-corrected chi connectivity index (χ4v) is 2.44. The Bertz CT molecular complexity index is 354. The number of carboxylic acids is 1. The number of aryl methyl sites for hydroxylation is 1. The van der Waals surface area contributed by atoms with Gasteiger partial charge in [-0.05, 0) is 31.7 Å². The van der Waals surface area contributed by atoms with Crippen LogP contribution in [0.15, 0.2) is 12.3 Å². The van der Waals surface area contributed by atoms with Crippen LogP contribution >= 0.6 is 0 Å². The minimum Gasteiger partial charge on any atom is -0.481 e. The van der Waals surface area contributed by atoms with Crippen LogP contribution in [0.1, 0.15) is 50.3 Å². The van der Waals surface area contributed by atoms with Crippen LogP contribution in [0.25, 0.3) is 0 Å². The quantitative estimate of drug-likeness (QED) is 0.832. The molecule has 0 atom stereocenters. The van der Waals surface area contributed by atoms with Gasteiger partial charge in [0.25, 0.3) is 0 Å². The zero-order valence-corrected chi connectivity index (χ0v) is 9.43. The van der Waals surface area contributed by atoms with Crippen molar-refractivity contribution in [2.24, 2.45) is 0 Å². The average molecular weight is 222 g/mol. The van der Waals surface area contributed by atoms with Crippen molar-refractivity contribution in [1.29, 1.82) is 0 Å². The molecule has 16 heavy (non-hydrogen) atoms. The Labute approximate surface area is 95.3 Å². The Morgan fingerprint density at radius 3 is 2.94 bits per heavy atom. The van der Waals surface area contributed by atoms with Crippen LogP contribution < -0.4 is 0 Å². The minimum atomic E-state index is -0.716. The van der Waals surface area contributed by atoms with E-state index < -0.39 is 5.97 Å². The first-order valence-electron chi connectivity index (χ1n) is 6.01. The molecular formula is C12H18N2O2. The molecule has 88 valence electrons. The van der Waals surface area contributed by atoms with E-state index in [1.165, 1.54) is 31.4 Å². The lowest BCUT2D eigenvalue weighted by Crippen LogP contribution is -2.10. The lowest BCUT2D eigenvalue weighted by molar-refractivity contribution is -0.137. The third-order valence-corrected chi connectivity index (χ3v) is 3.25. The summed E-state index contributed by atoms with van der Waals surface area (Å²) in [6.45, 7) is 0. The molecule has 1 heterocycles. The first-order chi connectivity index (χ1) is 7.77. The molecule has 1 aromatic heterocycles. The number of hydrogen-bond donors (Lipinski definition) is 1. The van der Waals surface area contributed by atoms with E-state index in [0.717, 1.165) is 6.42 Å². The summed E-state index contributed by atoms with van der Waals surface area (Å²) in [7, 11) is 0. The second kappa shape index (κ2) is 5.14. The summed E-state index contributed by atoms with van der Waals surface area (Å²) in [6.07, 6.45) is 8.61. The fourth-order valence-electron chi connectivity index (χ4n) is 2.44. The van der Waals surface area contributed by atoms with Crippen molar-refractivity contribution >= 4 is 5.97 Å². The highest BCUT2D eigenvalue weighted by molar-refractivity contribution is 5.66. The molecule has 0 spiro atoms. The van der Waals surface area contributed by atoms with Crippen LogP contribution in [0.4, 0.5) is 0 Å². The monoisotopic (exact) mass is 222 g/mol. The largest absolute Gasteiger partial charge is 0.481 e. The predicted octanol–water partition coefficient (Wildman–Crippen LogP) is 2.41. The Morgan fingerprint density at radius 1 is 1.50 bits per heavy atom. The Morgan fingerprint density at radius 2 is 2.25 bits per heavy atom. The van der Waals surface area contributed by atoms with Crippen LogP contribution in [0, 0.1) is 0 Å². The van der Waals surface area contributed by atoms with Crippen LogP contribution in [0.3, 0.4) is 0 Å². The molecule has 1 saturated carbocycles. The van der Waals surface area contributed by atoms with E-state index in [1.54, 1.807) is 0 Å². The molecule has 4 heteroatoms. The Balaban J connectivity index is 1.93. The molecule has 0 amide bonds. The Kier molecular flexibility index (Phi) is 3.59. The maximum absolute atomic E-state index is 10.4. The fraction of sp³-hybridized carbons (Fsp3) is 0.667. The van der Waals surface area contributed by atoms with E-state index in [2.05, 4.69) is 9.78 Å². The standard InChI is InChI=1S/C12H18N2O2/c15-12(16)7-3-6-11-8-9-13-14(11)10-4-1-2-5-10/h8-10H,1-7H2,(H,15,16). The van der Waals surface area contributed by atoms with E-state index in [1.807, 2.05) is 12.3 Å². The van der Waals surface area contributed by atoms with Gasteiger partial charge >= 0.3 is 5.97 Å². The summed E-state index contributed by atoms with van der Waals surface area (Å²) < 4.78 is 2.11. The number of aliphatic carboxylic acids is 1. The number of carbonyl (C=O) groups is 1. The second-order valence-corrected chi connectivity index (χ2v) is 4.45. The SMILES string of the molecule is O=C(O)CCCc1ccnn1C1CCCC1. The Hall–Kier alpha value is -1.32.